The molecule has 0 amide bonds. The predicted octanol–water partition coefficient (Wildman–Crippen LogP) is 6.64. The van der Waals surface area contributed by atoms with Gasteiger partial charge in [0.1, 0.15) is 12.2 Å². The number of aryl methyl sites for hydroxylation is 1. The first-order valence-electron chi connectivity index (χ1n) is 15.1. The second kappa shape index (κ2) is 14.7. The zero-order chi connectivity index (χ0) is 27.6. The number of aromatic hydroxyl groups is 1. The molecule has 6 nitrogen and oxygen atoms in total. The van der Waals surface area contributed by atoms with Gasteiger partial charge in [-0.3, -0.25) is 0 Å². The number of allylic oxidation sites excluding steroid dienone is 2. The smallest absolute Gasteiger partial charge is 0.176 e. The number of aliphatic imine (C=N–C) groups is 1. The van der Waals surface area contributed by atoms with Crippen molar-refractivity contribution >= 4 is 6.21 Å². The highest BCUT2D eigenvalue weighted by atomic mass is 16.5. The van der Waals surface area contributed by atoms with E-state index in [0.29, 0.717) is 37.0 Å². The van der Waals surface area contributed by atoms with Crippen molar-refractivity contribution in [3.8, 4) is 11.5 Å². The van der Waals surface area contributed by atoms with Crippen LogP contribution in [0.4, 0.5) is 0 Å². The second-order valence-corrected chi connectivity index (χ2v) is 11.5. The Morgan fingerprint density at radius 3 is 2.77 bits per heavy atom. The Hall–Kier alpha value is -2.57. The van der Waals surface area contributed by atoms with E-state index < -0.39 is 12.2 Å². The molecule has 4 atom stereocenters. The van der Waals surface area contributed by atoms with E-state index in [1.54, 1.807) is 13.0 Å². The Labute approximate surface area is 234 Å². The van der Waals surface area contributed by atoms with Crippen LogP contribution in [0.3, 0.4) is 0 Å². The van der Waals surface area contributed by atoms with Gasteiger partial charge in [0.15, 0.2) is 23.8 Å². The zero-order valence-corrected chi connectivity index (χ0v) is 23.7. The van der Waals surface area contributed by atoms with Crippen molar-refractivity contribution in [2.24, 2.45) is 16.8 Å². The second-order valence-electron chi connectivity index (χ2n) is 11.5. The van der Waals surface area contributed by atoms with E-state index in [9.17, 15) is 15.3 Å². The molecule has 1 aliphatic carbocycles. The van der Waals surface area contributed by atoms with E-state index in [-0.39, 0.29) is 11.9 Å². The van der Waals surface area contributed by atoms with E-state index in [2.05, 4.69) is 30.5 Å². The highest BCUT2D eigenvalue weighted by Crippen LogP contribution is 2.40. The van der Waals surface area contributed by atoms with Gasteiger partial charge in [0.05, 0.1) is 24.7 Å². The molecule has 3 N–H and O–H groups in total. The maximum Gasteiger partial charge on any atom is 0.176 e. The van der Waals surface area contributed by atoms with Crippen molar-refractivity contribution in [1.82, 2.24) is 0 Å². The van der Waals surface area contributed by atoms with Gasteiger partial charge < -0.3 is 24.8 Å². The standard InChI is InChI=1S/C33H47NO5/c1-3-4-9-28-13-14-29(39-28)12-10-24-11-16-32(37)33(20-24)38-19-18-27-21-26(22-34-27)30(25-7-5-6-8-25)15-17-31(36)23(2)35/h11,13-14,16,20-23,25,28,30-31,35-37H,3-10,12,15,17-19H2,1-2H3. The molecule has 2 aliphatic heterocycles. The fourth-order valence-electron chi connectivity index (χ4n) is 5.94. The van der Waals surface area contributed by atoms with Gasteiger partial charge in [-0.25, -0.2) is 0 Å². The largest absolute Gasteiger partial charge is 0.592 e. The molecule has 0 aromatic heterocycles. The molecule has 6 heteroatoms. The third-order valence-corrected chi connectivity index (χ3v) is 8.38. The van der Waals surface area contributed by atoms with Crippen LogP contribution in [0.2, 0.25) is 0 Å². The van der Waals surface area contributed by atoms with Crippen molar-refractivity contribution in [2.45, 2.75) is 109 Å². The number of hydrogen-bond donors (Lipinski definition) is 3. The molecule has 39 heavy (non-hydrogen) atoms. The molecular weight excluding hydrogens is 490 g/mol. The average molecular weight is 538 g/mol. The Bertz CT molecular complexity index is 994. The van der Waals surface area contributed by atoms with E-state index in [1.165, 1.54) is 44.1 Å². The van der Waals surface area contributed by atoms with Gasteiger partial charge in [-0.2, -0.15) is 12.5 Å². The number of aliphatic hydroxyl groups is 2. The van der Waals surface area contributed by atoms with Crippen molar-refractivity contribution < 1.29 is 24.8 Å². The molecule has 2 heterocycles. The highest BCUT2D eigenvalue weighted by molar-refractivity contribution is 5.83. The zero-order valence-electron chi connectivity index (χ0n) is 23.7. The monoisotopic (exact) mass is 537 g/mol. The molecule has 3 aliphatic rings. The fourth-order valence-corrected chi connectivity index (χ4v) is 5.94. The number of benzene rings is 1. The molecule has 4 unspecified atom stereocenters. The Kier molecular flexibility index (Phi) is 11.1. The van der Waals surface area contributed by atoms with Crippen LogP contribution < -0.4 is 4.74 Å². The summed E-state index contributed by atoms with van der Waals surface area (Å²) >= 11 is 0. The number of unbranched alkanes of at least 4 members (excludes halogenated alkanes) is 1. The van der Waals surface area contributed by atoms with Gasteiger partial charge >= 0.3 is 0 Å². The Balaban J connectivity index is 1.25. The molecule has 1 aromatic carbocycles. The van der Waals surface area contributed by atoms with E-state index in [4.69, 9.17) is 9.47 Å². The first-order chi connectivity index (χ1) is 18.9. The van der Waals surface area contributed by atoms with Crippen molar-refractivity contribution in [3.63, 3.8) is 0 Å². The SMILES string of the molecule is CCCCC1[CH-]C=C(CCc2ccc(O)c(OCC[C+]3C=C(C(CCC(O)C(C)O)C4CCCC4)C=N3)c2)O1. The lowest BCUT2D eigenvalue weighted by Crippen LogP contribution is -2.25. The lowest BCUT2D eigenvalue weighted by Gasteiger charge is -2.22. The van der Waals surface area contributed by atoms with Crippen molar-refractivity contribution in [1.29, 1.82) is 0 Å². The first kappa shape index (κ1) is 29.4. The normalized spacial score (nSPS) is 21.3. The number of phenolic OH excluding ortho intramolecular Hbond substituents is 1. The molecule has 1 fully saturated rings. The maximum absolute atomic E-state index is 10.4. The molecule has 214 valence electrons. The summed E-state index contributed by atoms with van der Waals surface area (Å²) in [5.74, 6) is 2.66. The molecule has 1 aromatic rings. The van der Waals surface area contributed by atoms with Crippen molar-refractivity contribution in [3.05, 3.63) is 59.7 Å². The van der Waals surface area contributed by atoms with Gasteiger partial charge in [0, 0.05) is 12.0 Å². The van der Waals surface area contributed by atoms with Crippen LogP contribution in [-0.4, -0.2) is 46.5 Å². The van der Waals surface area contributed by atoms with Crippen molar-refractivity contribution in [2.75, 3.05) is 6.61 Å². The summed E-state index contributed by atoms with van der Waals surface area (Å²) in [4.78, 5) is 4.66. The van der Waals surface area contributed by atoms with Crippen LogP contribution >= 0.6 is 0 Å². The molecule has 1 saturated carbocycles. The van der Waals surface area contributed by atoms with Crippen LogP contribution in [0.5, 0.6) is 11.5 Å². The number of phenols is 1. The minimum Gasteiger partial charge on any atom is -0.592 e. The molecule has 4 rings (SSSR count). The lowest BCUT2D eigenvalue weighted by atomic mass is 9.80. The fraction of sp³-hybridized carbons (Fsp3) is 0.606. The summed E-state index contributed by atoms with van der Waals surface area (Å²) in [5.41, 5.74) is 2.34. The average Bonchev–Trinajstić information content (AvgIpc) is 3.71. The number of rotatable bonds is 16. The van der Waals surface area contributed by atoms with Gasteiger partial charge in [-0.15, -0.1) is 4.99 Å². The topological polar surface area (TPSA) is 91.5 Å². The van der Waals surface area contributed by atoms with E-state index >= 15 is 0 Å². The molecule has 0 bridgehead atoms. The van der Waals surface area contributed by atoms with Gasteiger partial charge in [0.2, 0.25) is 0 Å². The Morgan fingerprint density at radius 2 is 2.00 bits per heavy atom. The van der Waals surface area contributed by atoms with Gasteiger partial charge in [-0.1, -0.05) is 50.9 Å². The third-order valence-electron chi connectivity index (χ3n) is 8.38. The van der Waals surface area contributed by atoms with E-state index in [0.717, 1.165) is 43.0 Å². The maximum atomic E-state index is 10.4. The molecule has 0 radical (unpaired) electrons. The van der Waals surface area contributed by atoms with Gasteiger partial charge in [-0.05, 0) is 69.1 Å². The van der Waals surface area contributed by atoms with Crippen LogP contribution in [0.1, 0.15) is 90.0 Å². The highest BCUT2D eigenvalue weighted by Gasteiger charge is 2.35. The summed E-state index contributed by atoms with van der Waals surface area (Å²) in [6.07, 6.45) is 19.4. The van der Waals surface area contributed by atoms with E-state index in [1.807, 2.05) is 18.3 Å². The first-order valence-corrected chi connectivity index (χ1v) is 15.1. The number of aliphatic hydroxyl groups excluding tert-OH is 2. The molecule has 0 saturated heterocycles. The van der Waals surface area contributed by atoms with Crippen LogP contribution in [0, 0.1) is 24.3 Å². The number of nitrogens with zero attached hydrogens (tertiary/aromatic N) is 1. The minimum absolute atomic E-state index is 0.150. The number of ether oxygens (including phenoxy) is 2. The summed E-state index contributed by atoms with van der Waals surface area (Å²) in [5, 5.41) is 30.2. The van der Waals surface area contributed by atoms with Crippen LogP contribution in [-0.2, 0) is 11.2 Å². The van der Waals surface area contributed by atoms with Crippen LogP contribution in [0.15, 0.2) is 46.7 Å². The van der Waals surface area contributed by atoms with Crippen LogP contribution in [0.25, 0.3) is 0 Å². The molecular formula is C33H47NO5. The molecule has 0 spiro atoms. The number of hydrogen-bond acceptors (Lipinski definition) is 6. The minimum atomic E-state index is -0.704. The predicted molar refractivity (Wildman–Crippen MR) is 156 cm³/mol. The van der Waals surface area contributed by atoms with Gasteiger partial charge in [0.25, 0.3) is 0 Å². The quantitative estimate of drug-likeness (QED) is 0.206. The summed E-state index contributed by atoms with van der Waals surface area (Å²) in [6.45, 7) is 4.28. The third kappa shape index (κ3) is 8.71. The summed E-state index contributed by atoms with van der Waals surface area (Å²) in [7, 11) is 0. The Morgan fingerprint density at radius 1 is 1.18 bits per heavy atom. The summed E-state index contributed by atoms with van der Waals surface area (Å²) < 4.78 is 12.0. The summed E-state index contributed by atoms with van der Waals surface area (Å²) in [6, 6.07) is 6.56. The lowest BCUT2D eigenvalue weighted by molar-refractivity contribution is 0.0219.